The summed E-state index contributed by atoms with van der Waals surface area (Å²) in [6.07, 6.45) is 1.84. The lowest BCUT2D eigenvalue weighted by Crippen LogP contribution is -2.36. The molecule has 1 saturated heterocycles. The second kappa shape index (κ2) is 4.17. The van der Waals surface area contributed by atoms with E-state index in [9.17, 15) is 9.18 Å². The molecule has 0 bridgehead atoms. The number of rotatable bonds is 3. The van der Waals surface area contributed by atoms with Crippen LogP contribution in [0.1, 0.15) is 23.3 Å². The van der Waals surface area contributed by atoms with Gasteiger partial charge in [-0.1, -0.05) is 5.21 Å². The number of aromatic carboxylic acids is 1. The van der Waals surface area contributed by atoms with Crippen LogP contribution in [0.3, 0.4) is 0 Å². The number of aromatic nitrogens is 3. The summed E-state index contributed by atoms with van der Waals surface area (Å²) < 4.78 is 20.5. The van der Waals surface area contributed by atoms with Crippen LogP contribution in [0.5, 0.6) is 0 Å². The Morgan fingerprint density at radius 1 is 1.62 bits per heavy atom. The van der Waals surface area contributed by atoms with Crippen LogP contribution < -0.4 is 0 Å². The van der Waals surface area contributed by atoms with Gasteiger partial charge in [-0.3, -0.25) is 0 Å². The van der Waals surface area contributed by atoms with Crippen molar-refractivity contribution in [3.8, 4) is 0 Å². The molecule has 1 N–H and O–H groups in total. The van der Waals surface area contributed by atoms with E-state index in [-0.39, 0.29) is 12.2 Å². The zero-order valence-corrected chi connectivity index (χ0v) is 8.60. The van der Waals surface area contributed by atoms with E-state index >= 15 is 0 Å². The molecular formula is C9H12FN3O3. The summed E-state index contributed by atoms with van der Waals surface area (Å²) in [5.41, 5.74) is -1.54. The van der Waals surface area contributed by atoms with E-state index in [1.54, 1.807) is 0 Å². The van der Waals surface area contributed by atoms with Gasteiger partial charge in [0.25, 0.3) is 0 Å². The zero-order chi connectivity index (χ0) is 11.6. The Bertz CT molecular complexity index is 387. The van der Waals surface area contributed by atoms with Crippen molar-refractivity contribution in [3.05, 3.63) is 11.9 Å². The highest BCUT2D eigenvalue weighted by Gasteiger charge is 2.33. The van der Waals surface area contributed by atoms with Crippen molar-refractivity contribution in [1.29, 1.82) is 0 Å². The summed E-state index contributed by atoms with van der Waals surface area (Å²) in [6, 6.07) is 0. The monoisotopic (exact) mass is 229 g/mol. The fourth-order valence-corrected chi connectivity index (χ4v) is 1.66. The molecule has 0 amide bonds. The highest BCUT2D eigenvalue weighted by molar-refractivity contribution is 5.84. The molecule has 2 rings (SSSR count). The van der Waals surface area contributed by atoms with Crippen LogP contribution >= 0.6 is 0 Å². The highest BCUT2D eigenvalue weighted by Crippen LogP contribution is 2.26. The van der Waals surface area contributed by atoms with E-state index in [2.05, 4.69) is 10.3 Å². The van der Waals surface area contributed by atoms with Crippen molar-refractivity contribution in [2.45, 2.75) is 25.1 Å². The summed E-state index contributed by atoms with van der Waals surface area (Å²) in [5, 5.41) is 15.6. The van der Waals surface area contributed by atoms with Crippen molar-refractivity contribution in [2.75, 3.05) is 13.2 Å². The third kappa shape index (κ3) is 2.35. The third-order valence-electron chi connectivity index (χ3n) is 2.59. The third-order valence-corrected chi connectivity index (χ3v) is 2.59. The molecule has 1 aliphatic heterocycles. The summed E-state index contributed by atoms with van der Waals surface area (Å²) in [4.78, 5) is 10.6. The van der Waals surface area contributed by atoms with Gasteiger partial charge >= 0.3 is 5.97 Å². The second-order valence-electron chi connectivity index (χ2n) is 3.87. The Kier molecular flexibility index (Phi) is 2.86. The lowest BCUT2D eigenvalue weighted by molar-refractivity contribution is -0.0197. The summed E-state index contributed by atoms with van der Waals surface area (Å²) in [7, 11) is 0. The molecule has 1 aromatic heterocycles. The lowest BCUT2D eigenvalue weighted by atomic mass is 9.97. The quantitative estimate of drug-likeness (QED) is 0.816. The summed E-state index contributed by atoms with van der Waals surface area (Å²) >= 11 is 0. The average molecular weight is 229 g/mol. The molecule has 1 aliphatic rings. The van der Waals surface area contributed by atoms with Crippen molar-refractivity contribution >= 4 is 5.97 Å². The van der Waals surface area contributed by atoms with Crippen LogP contribution in [0.25, 0.3) is 0 Å². The first-order chi connectivity index (χ1) is 7.59. The summed E-state index contributed by atoms with van der Waals surface area (Å²) in [5.74, 6) is -1.16. The predicted molar refractivity (Wildman–Crippen MR) is 50.9 cm³/mol. The molecule has 7 heteroatoms. The molecule has 0 unspecified atom stereocenters. The van der Waals surface area contributed by atoms with Gasteiger partial charge in [-0.05, 0) is 0 Å². The van der Waals surface area contributed by atoms with Gasteiger partial charge in [0.05, 0.1) is 12.7 Å². The van der Waals surface area contributed by atoms with Gasteiger partial charge in [-0.2, -0.15) is 0 Å². The molecule has 2 heterocycles. The predicted octanol–water partition coefficient (Wildman–Crippen LogP) is 0.495. The van der Waals surface area contributed by atoms with E-state index in [0.717, 1.165) is 0 Å². The minimum Gasteiger partial charge on any atom is -0.476 e. The minimum absolute atomic E-state index is 0.0244. The maximum Gasteiger partial charge on any atom is 0.358 e. The Morgan fingerprint density at radius 2 is 2.31 bits per heavy atom. The topological polar surface area (TPSA) is 77.2 Å². The van der Waals surface area contributed by atoms with Gasteiger partial charge in [0, 0.05) is 26.1 Å². The average Bonchev–Trinajstić information content (AvgIpc) is 2.66. The standard InChI is InChI=1S/C9H12FN3O3/c10-9(1-3-16-4-2-9)6-13-5-7(8(14)15)11-12-13/h5H,1-4,6H2,(H,14,15). The molecule has 1 aromatic rings. The van der Waals surface area contributed by atoms with E-state index in [0.29, 0.717) is 26.1 Å². The molecule has 1 fully saturated rings. The molecule has 6 nitrogen and oxygen atoms in total. The van der Waals surface area contributed by atoms with Crippen molar-refractivity contribution in [3.63, 3.8) is 0 Å². The van der Waals surface area contributed by atoms with Crippen LogP contribution in [0.2, 0.25) is 0 Å². The van der Waals surface area contributed by atoms with Crippen LogP contribution in [0, 0.1) is 0 Å². The normalized spacial score (nSPS) is 19.6. The van der Waals surface area contributed by atoms with Gasteiger partial charge in [0.15, 0.2) is 5.69 Å². The SMILES string of the molecule is O=C(O)c1cn(CC2(F)CCOCC2)nn1. The Labute approximate surface area is 91.0 Å². The van der Waals surface area contributed by atoms with Crippen LogP contribution in [-0.2, 0) is 11.3 Å². The van der Waals surface area contributed by atoms with Crippen molar-refractivity contribution < 1.29 is 19.0 Å². The molecule has 0 spiro atoms. The molecule has 16 heavy (non-hydrogen) atoms. The van der Waals surface area contributed by atoms with Crippen LogP contribution in [-0.4, -0.2) is 45.0 Å². The number of hydrogen-bond acceptors (Lipinski definition) is 4. The number of ether oxygens (including phenoxy) is 1. The van der Waals surface area contributed by atoms with Gasteiger partial charge in [-0.15, -0.1) is 5.10 Å². The maximum atomic E-state index is 14.2. The largest absolute Gasteiger partial charge is 0.476 e. The number of nitrogens with zero attached hydrogens (tertiary/aromatic N) is 3. The van der Waals surface area contributed by atoms with Crippen molar-refractivity contribution in [2.24, 2.45) is 0 Å². The fourth-order valence-electron chi connectivity index (χ4n) is 1.66. The maximum absolute atomic E-state index is 14.2. The van der Waals surface area contributed by atoms with E-state index in [1.807, 2.05) is 0 Å². The van der Waals surface area contributed by atoms with Crippen LogP contribution in [0.4, 0.5) is 4.39 Å². The van der Waals surface area contributed by atoms with Gasteiger partial charge in [-0.25, -0.2) is 13.9 Å². The molecule has 0 radical (unpaired) electrons. The number of hydrogen-bond donors (Lipinski definition) is 1. The smallest absolute Gasteiger partial charge is 0.358 e. The molecule has 0 aromatic carbocycles. The van der Waals surface area contributed by atoms with Gasteiger partial charge < -0.3 is 9.84 Å². The molecule has 0 aliphatic carbocycles. The second-order valence-corrected chi connectivity index (χ2v) is 3.87. The number of carbonyl (C=O) groups is 1. The molecule has 0 saturated carbocycles. The number of halogens is 1. The first kappa shape index (κ1) is 11.0. The first-order valence-electron chi connectivity index (χ1n) is 4.99. The number of carboxylic acids is 1. The molecule has 0 atom stereocenters. The molecular weight excluding hydrogens is 217 g/mol. The summed E-state index contributed by atoms with van der Waals surface area (Å²) in [6.45, 7) is 0.796. The number of alkyl halides is 1. The highest BCUT2D eigenvalue weighted by atomic mass is 19.1. The molecule has 88 valence electrons. The number of carboxylic acid groups (broad SMARTS) is 1. The zero-order valence-electron chi connectivity index (χ0n) is 8.60. The lowest BCUT2D eigenvalue weighted by Gasteiger charge is -2.28. The van der Waals surface area contributed by atoms with E-state index in [1.165, 1.54) is 10.9 Å². The van der Waals surface area contributed by atoms with Crippen LogP contribution in [0.15, 0.2) is 6.20 Å². The van der Waals surface area contributed by atoms with Crippen molar-refractivity contribution in [1.82, 2.24) is 15.0 Å². The Hall–Kier alpha value is -1.50. The van der Waals surface area contributed by atoms with E-state index in [4.69, 9.17) is 9.84 Å². The Morgan fingerprint density at radius 3 is 2.88 bits per heavy atom. The Balaban J connectivity index is 2.04. The van der Waals surface area contributed by atoms with Gasteiger partial charge in [0.1, 0.15) is 5.67 Å². The van der Waals surface area contributed by atoms with Gasteiger partial charge in [0.2, 0.25) is 0 Å². The fraction of sp³-hybridized carbons (Fsp3) is 0.667. The first-order valence-corrected chi connectivity index (χ1v) is 4.99. The van der Waals surface area contributed by atoms with E-state index < -0.39 is 11.6 Å². The minimum atomic E-state index is -1.37.